The summed E-state index contributed by atoms with van der Waals surface area (Å²) in [5.41, 5.74) is 4.78. The molecular weight excluding hydrogens is 324 g/mol. The minimum Gasteiger partial charge on any atom is -0.497 e. The van der Waals surface area contributed by atoms with Gasteiger partial charge in [-0.3, -0.25) is 9.80 Å². The Labute approximate surface area is 154 Å². The van der Waals surface area contributed by atoms with Gasteiger partial charge in [-0.1, -0.05) is 29.8 Å². The van der Waals surface area contributed by atoms with Crippen LogP contribution in [0.4, 0.5) is 0 Å². The molecule has 0 unspecified atom stereocenters. The number of hydrogen-bond donors (Lipinski definition) is 1. The van der Waals surface area contributed by atoms with Crippen molar-refractivity contribution in [1.82, 2.24) is 19.8 Å². The van der Waals surface area contributed by atoms with Gasteiger partial charge in [-0.15, -0.1) is 0 Å². The van der Waals surface area contributed by atoms with Gasteiger partial charge in [0.15, 0.2) is 0 Å². The fraction of sp³-hybridized carbons (Fsp3) is 0.381. The van der Waals surface area contributed by atoms with E-state index in [1.807, 2.05) is 18.2 Å². The first kappa shape index (κ1) is 17.1. The minimum atomic E-state index is 0.859. The third-order valence-corrected chi connectivity index (χ3v) is 5.07. The van der Waals surface area contributed by atoms with Crippen LogP contribution in [0.15, 0.2) is 42.5 Å². The van der Waals surface area contributed by atoms with E-state index in [9.17, 15) is 0 Å². The van der Waals surface area contributed by atoms with Crippen LogP contribution in [0.3, 0.4) is 0 Å². The van der Waals surface area contributed by atoms with Crippen LogP contribution in [-0.4, -0.2) is 53.1 Å². The zero-order valence-electron chi connectivity index (χ0n) is 15.5. The molecule has 5 heteroatoms. The monoisotopic (exact) mass is 350 g/mol. The van der Waals surface area contributed by atoms with E-state index in [4.69, 9.17) is 9.72 Å². The molecule has 0 amide bonds. The average molecular weight is 350 g/mol. The third kappa shape index (κ3) is 3.89. The van der Waals surface area contributed by atoms with E-state index in [2.05, 4.69) is 46.0 Å². The number of rotatable bonds is 5. The molecule has 136 valence electrons. The number of piperazine rings is 1. The lowest BCUT2D eigenvalue weighted by Gasteiger charge is -2.34. The quantitative estimate of drug-likeness (QED) is 0.767. The Bertz CT molecular complexity index is 881. The number of aryl methyl sites for hydroxylation is 1. The normalized spacial score (nSPS) is 16.2. The second-order valence-electron chi connectivity index (χ2n) is 7.11. The molecule has 2 heterocycles. The molecule has 0 saturated carbocycles. The van der Waals surface area contributed by atoms with E-state index in [-0.39, 0.29) is 0 Å². The van der Waals surface area contributed by atoms with Crippen molar-refractivity contribution < 1.29 is 4.74 Å². The predicted molar refractivity (Wildman–Crippen MR) is 104 cm³/mol. The maximum atomic E-state index is 5.29. The lowest BCUT2D eigenvalue weighted by Crippen LogP contribution is -2.45. The number of hydrogen-bond acceptors (Lipinski definition) is 4. The van der Waals surface area contributed by atoms with Crippen LogP contribution in [0.2, 0.25) is 0 Å². The Morgan fingerprint density at radius 1 is 1.00 bits per heavy atom. The van der Waals surface area contributed by atoms with Crippen molar-refractivity contribution in [2.75, 3.05) is 33.3 Å². The zero-order valence-corrected chi connectivity index (χ0v) is 15.5. The first-order valence-electron chi connectivity index (χ1n) is 9.22. The number of imidazole rings is 1. The minimum absolute atomic E-state index is 0.859. The molecule has 1 aliphatic heterocycles. The Balaban J connectivity index is 1.33. The Morgan fingerprint density at radius 3 is 2.50 bits per heavy atom. The molecular formula is C21H26N4O. The van der Waals surface area contributed by atoms with Crippen LogP contribution in [0, 0.1) is 6.92 Å². The van der Waals surface area contributed by atoms with Gasteiger partial charge in [0.25, 0.3) is 0 Å². The van der Waals surface area contributed by atoms with Crippen LogP contribution in [-0.2, 0) is 13.1 Å². The summed E-state index contributed by atoms with van der Waals surface area (Å²) >= 11 is 0. The van der Waals surface area contributed by atoms with Gasteiger partial charge in [-0.25, -0.2) is 4.98 Å². The van der Waals surface area contributed by atoms with E-state index in [0.717, 1.165) is 61.9 Å². The maximum absolute atomic E-state index is 5.29. The molecule has 1 N–H and O–H groups in total. The molecule has 1 saturated heterocycles. The fourth-order valence-corrected chi connectivity index (χ4v) is 3.63. The van der Waals surface area contributed by atoms with Crippen molar-refractivity contribution in [1.29, 1.82) is 0 Å². The smallest absolute Gasteiger partial charge is 0.121 e. The number of fused-ring (bicyclic) bond motifs is 1. The maximum Gasteiger partial charge on any atom is 0.121 e. The van der Waals surface area contributed by atoms with Gasteiger partial charge >= 0.3 is 0 Å². The number of methoxy groups -OCH3 is 1. The zero-order chi connectivity index (χ0) is 17.9. The molecule has 2 aromatic carbocycles. The highest BCUT2D eigenvalue weighted by Crippen LogP contribution is 2.19. The molecule has 0 bridgehead atoms. The Morgan fingerprint density at radius 2 is 1.77 bits per heavy atom. The molecule has 0 radical (unpaired) electrons. The fourth-order valence-electron chi connectivity index (χ4n) is 3.63. The topological polar surface area (TPSA) is 44.4 Å². The van der Waals surface area contributed by atoms with Crippen LogP contribution in [0.1, 0.15) is 17.0 Å². The van der Waals surface area contributed by atoms with Gasteiger partial charge in [-0.05, 0) is 24.6 Å². The van der Waals surface area contributed by atoms with E-state index in [1.165, 1.54) is 11.1 Å². The van der Waals surface area contributed by atoms with Crippen molar-refractivity contribution in [3.8, 4) is 5.75 Å². The predicted octanol–water partition coefficient (Wildman–Crippen LogP) is 3.20. The largest absolute Gasteiger partial charge is 0.497 e. The SMILES string of the molecule is COc1ccc2nc(CN3CCN(Cc4cccc(C)c4)CC3)[nH]c2c1. The molecule has 26 heavy (non-hydrogen) atoms. The second kappa shape index (κ2) is 7.48. The van der Waals surface area contributed by atoms with Gasteiger partial charge in [0.1, 0.15) is 11.6 Å². The summed E-state index contributed by atoms with van der Waals surface area (Å²) in [6.07, 6.45) is 0. The summed E-state index contributed by atoms with van der Waals surface area (Å²) < 4.78 is 5.29. The molecule has 1 aliphatic rings. The first-order chi connectivity index (χ1) is 12.7. The van der Waals surface area contributed by atoms with Crippen LogP contribution < -0.4 is 4.74 Å². The summed E-state index contributed by atoms with van der Waals surface area (Å²) in [6, 6.07) is 14.8. The van der Waals surface area contributed by atoms with Gasteiger partial charge in [0.05, 0.1) is 24.7 Å². The van der Waals surface area contributed by atoms with Crippen molar-refractivity contribution in [2.45, 2.75) is 20.0 Å². The van der Waals surface area contributed by atoms with Crippen molar-refractivity contribution in [3.05, 3.63) is 59.4 Å². The number of benzene rings is 2. The summed E-state index contributed by atoms with van der Waals surface area (Å²) in [5, 5.41) is 0. The van der Waals surface area contributed by atoms with Gasteiger partial charge < -0.3 is 9.72 Å². The standard InChI is InChI=1S/C21H26N4O/c1-16-4-3-5-17(12-16)14-24-8-10-25(11-9-24)15-21-22-19-7-6-18(26-2)13-20(19)23-21/h3-7,12-13H,8-11,14-15H2,1-2H3,(H,22,23). The Hall–Kier alpha value is -2.37. The van der Waals surface area contributed by atoms with Crippen LogP contribution >= 0.6 is 0 Å². The van der Waals surface area contributed by atoms with E-state index in [1.54, 1.807) is 7.11 Å². The van der Waals surface area contributed by atoms with Crippen molar-refractivity contribution in [2.24, 2.45) is 0 Å². The van der Waals surface area contributed by atoms with Crippen LogP contribution in [0.5, 0.6) is 5.75 Å². The Kier molecular flexibility index (Phi) is 4.91. The molecule has 5 nitrogen and oxygen atoms in total. The first-order valence-corrected chi connectivity index (χ1v) is 9.22. The van der Waals surface area contributed by atoms with Gasteiger partial charge in [0, 0.05) is 38.8 Å². The number of ether oxygens (including phenoxy) is 1. The highest BCUT2D eigenvalue weighted by molar-refractivity contribution is 5.76. The molecule has 1 fully saturated rings. The molecule has 3 aromatic rings. The number of aromatic amines is 1. The van der Waals surface area contributed by atoms with Crippen molar-refractivity contribution >= 4 is 11.0 Å². The van der Waals surface area contributed by atoms with Gasteiger partial charge in [-0.2, -0.15) is 0 Å². The second-order valence-corrected chi connectivity index (χ2v) is 7.11. The highest BCUT2D eigenvalue weighted by Gasteiger charge is 2.18. The molecule has 1 aromatic heterocycles. The third-order valence-electron chi connectivity index (χ3n) is 5.07. The molecule has 0 aliphatic carbocycles. The summed E-state index contributed by atoms with van der Waals surface area (Å²) in [7, 11) is 1.69. The average Bonchev–Trinajstić information content (AvgIpc) is 3.04. The lowest BCUT2D eigenvalue weighted by atomic mass is 10.1. The van der Waals surface area contributed by atoms with Gasteiger partial charge in [0.2, 0.25) is 0 Å². The van der Waals surface area contributed by atoms with E-state index in [0.29, 0.717) is 0 Å². The highest BCUT2D eigenvalue weighted by atomic mass is 16.5. The number of nitrogens with zero attached hydrogens (tertiary/aromatic N) is 3. The number of nitrogens with one attached hydrogen (secondary N) is 1. The lowest BCUT2D eigenvalue weighted by molar-refractivity contribution is 0.120. The number of aromatic nitrogens is 2. The van der Waals surface area contributed by atoms with E-state index < -0.39 is 0 Å². The van der Waals surface area contributed by atoms with Crippen LogP contribution in [0.25, 0.3) is 11.0 Å². The number of H-pyrrole nitrogens is 1. The summed E-state index contributed by atoms with van der Waals surface area (Å²) in [6.45, 7) is 8.42. The van der Waals surface area contributed by atoms with E-state index >= 15 is 0 Å². The molecule has 4 rings (SSSR count). The summed E-state index contributed by atoms with van der Waals surface area (Å²) in [5.74, 6) is 1.89. The van der Waals surface area contributed by atoms with Crippen molar-refractivity contribution in [3.63, 3.8) is 0 Å². The summed E-state index contributed by atoms with van der Waals surface area (Å²) in [4.78, 5) is 13.2. The molecule has 0 atom stereocenters. The molecule has 0 spiro atoms.